The number of amides is 1. The minimum atomic E-state index is -3.87. The molecule has 0 bridgehead atoms. The fourth-order valence-electron chi connectivity index (χ4n) is 3.40. The monoisotopic (exact) mass is 545 g/mol. The highest BCUT2D eigenvalue weighted by Gasteiger charge is 2.24. The Hall–Kier alpha value is -4.04. The Kier molecular flexibility index (Phi) is 9.51. The van der Waals surface area contributed by atoms with Crippen molar-refractivity contribution in [3.05, 3.63) is 81.2 Å². The topological polar surface area (TPSA) is 192 Å². The fraction of sp³-hybridized carbons (Fsp3) is 0.261. The van der Waals surface area contributed by atoms with E-state index in [0.29, 0.717) is 12.0 Å². The zero-order valence-corrected chi connectivity index (χ0v) is 21.4. The second-order valence-electron chi connectivity index (χ2n) is 7.97. The van der Waals surface area contributed by atoms with Gasteiger partial charge in [0.1, 0.15) is 12.2 Å². The number of rotatable bonds is 13. The van der Waals surface area contributed by atoms with Crippen LogP contribution in [0.2, 0.25) is 0 Å². The van der Waals surface area contributed by atoms with Crippen LogP contribution in [-0.2, 0) is 27.1 Å². The quantitative estimate of drug-likeness (QED) is 0.104. The highest BCUT2D eigenvalue weighted by Crippen LogP contribution is 2.12. The summed E-state index contributed by atoms with van der Waals surface area (Å²) in [6, 6.07) is 10.4. The number of guanidine groups is 1. The molecule has 0 aliphatic carbocycles. The number of anilines is 1. The molecular weight excluding hydrogens is 518 g/mol. The van der Waals surface area contributed by atoms with Crippen molar-refractivity contribution < 1.29 is 18.0 Å². The molecule has 3 rings (SSSR count). The maximum atomic E-state index is 12.9. The number of thiazole rings is 1. The molecule has 0 saturated heterocycles. The third kappa shape index (κ3) is 8.54. The minimum Gasteiger partial charge on any atom is -0.370 e. The van der Waals surface area contributed by atoms with E-state index in [1.54, 1.807) is 35.7 Å². The van der Waals surface area contributed by atoms with Crippen molar-refractivity contribution in [2.45, 2.75) is 31.2 Å². The average Bonchev–Trinajstić information content (AvgIpc) is 3.38. The zero-order chi connectivity index (χ0) is 26.8. The summed E-state index contributed by atoms with van der Waals surface area (Å²) in [7, 11) is -3.87. The molecule has 12 nitrogen and oxygen atoms in total. The third-order valence-corrected chi connectivity index (χ3v) is 7.07. The number of ketones is 1. The Labute approximate surface area is 217 Å². The van der Waals surface area contributed by atoms with E-state index in [1.165, 1.54) is 24.5 Å². The summed E-state index contributed by atoms with van der Waals surface area (Å²) in [5.41, 5.74) is 10.3. The number of hydrogen-bond acceptors (Lipinski definition) is 8. The van der Waals surface area contributed by atoms with E-state index in [0.717, 1.165) is 15.9 Å². The first kappa shape index (κ1) is 27.5. The lowest BCUT2D eigenvalue weighted by atomic mass is 10.1. The Morgan fingerprint density at radius 2 is 1.89 bits per heavy atom. The number of aliphatic imine (C=N–C) groups is 1. The lowest BCUT2D eigenvalue weighted by molar-refractivity contribution is -0.122. The summed E-state index contributed by atoms with van der Waals surface area (Å²) in [6.45, 7) is -0.160. The van der Waals surface area contributed by atoms with E-state index in [2.05, 4.69) is 20.0 Å². The molecule has 6 N–H and O–H groups in total. The average molecular weight is 546 g/mol. The normalized spacial score (nSPS) is 11.9. The van der Waals surface area contributed by atoms with Crippen LogP contribution in [0.1, 0.15) is 28.2 Å². The Morgan fingerprint density at radius 1 is 1.14 bits per heavy atom. The van der Waals surface area contributed by atoms with E-state index in [4.69, 9.17) is 11.5 Å². The van der Waals surface area contributed by atoms with Gasteiger partial charge in [-0.15, -0.1) is 11.3 Å². The van der Waals surface area contributed by atoms with Gasteiger partial charge in [0.15, 0.2) is 11.0 Å². The van der Waals surface area contributed by atoms with Gasteiger partial charge in [-0.25, -0.2) is 13.4 Å². The number of Topliss-reactive ketones (excluding diaryl/α,β-unsaturated/α-hetero) is 1. The summed E-state index contributed by atoms with van der Waals surface area (Å²) < 4.78 is 28.4. The van der Waals surface area contributed by atoms with Crippen molar-refractivity contribution in [1.29, 1.82) is 0 Å². The van der Waals surface area contributed by atoms with Gasteiger partial charge in [-0.05, 0) is 30.5 Å². The summed E-state index contributed by atoms with van der Waals surface area (Å²) >= 11 is 1.14. The van der Waals surface area contributed by atoms with Gasteiger partial charge < -0.3 is 21.4 Å². The van der Waals surface area contributed by atoms with Crippen LogP contribution < -0.4 is 27.1 Å². The van der Waals surface area contributed by atoms with Crippen molar-refractivity contribution in [3.8, 4) is 0 Å². The number of nitrogens with one attached hydrogen (secondary N) is 2. The van der Waals surface area contributed by atoms with E-state index in [9.17, 15) is 22.8 Å². The van der Waals surface area contributed by atoms with Crippen LogP contribution in [0, 0.1) is 0 Å². The first-order chi connectivity index (χ1) is 17.6. The molecule has 2 aromatic heterocycles. The molecule has 196 valence electrons. The van der Waals surface area contributed by atoms with Crippen LogP contribution in [0.4, 0.5) is 5.69 Å². The van der Waals surface area contributed by atoms with Crippen LogP contribution in [0.15, 0.2) is 70.0 Å². The third-order valence-electron chi connectivity index (χ3n) is 5.04. The van der Waals surface area contributed by atoms with Gasteiger partial charge in [-0.3, -0.25) is 24.1 Å². The SMILES string of the molecule is NC(N)=NCCC[C@@H](NC(=O)Cn1cccc(NS(=O)(=O)Cc2ccccc2)c1=O)C(=O)c1nccs1. The highest BCUT2D eigenvalue weighted by molar-refractivity contribution is 7.91. The maximum absolute atomic E-state index is 12.9. The van der Waals surface area contributed by atoms with E-state index < -0.39 is 34.1 Å². The zero-order valence-electron chi connectivity index (χ0n) is 19.7. The predicted molar refractivity (Wildman–Crippen MR) is 142 cm³/mol. The Morgan fingerprint density at radius 3 is 2.57 bits per heavy atom. The largest absolute Gasteiger partial charge is 0.370 e. The summed E-state index contributed by atoms with van der Waals surface area (Å²) in [4.78, 5) is 46.4. The van der Waals surface area contributed by atoms with Gasteiger partial charge >= 0.3 is 0 Å². The van der Waals surface area contributed by atoms with E-state index in [1.807, 2.05) is 0 Å². The van der Waals surface area contributed by atoms with Crippen LogP contribution in [0.25, 0.3) is 0 Å². The van der Waals surface area contributed by atoms with Gasteiger partial charge in [0.2, 0.25) is 21.7 Å². The molecule has 3 aromatic rings. The molecule has 1 atom stereocenters. The molecule has 0 aliphatic rings. The lowest BCUT2D eigenvalue weighted by Crippen LogP contribution is -2.43. The molecule has 0 unspecified atom stereocenters. The van der Waals surface area contributed by atoms with Crippen molar-refractivity contribution in [3.63, 3.8) is 0 Å². The molecule has 14 heteroatoms. The van der Waals surface area contributed by atoms with Crippen molar-refractivity contribution >= 4 is 44.7 Å². The van der Waals surface area contributed by atoms with Crippen LogP contribution >= 0.6 is 11.3 Å². The molecule has 0 fully saturated rings. The highest BCUT2D eigenvalue weighted by atomic mass is 32.2. The number of nitrogens with two attached hydrogens (primary N) is 2. The number of carbonyl (C=O) groups excluding carboxylic acids is 2. The number of carbonyl (C=O) groups is 2. The van der Waals surface area contributed by atoms with Crippen molar-refractivity contribution in [1.82, 2.24) is 14.9 Å². The van der Waals surface area contributed by atoms with Crippen molar-refractivity contribution in [2.24, 2.45) is 16.5 Å². The molecule has 37 heavy (non-hydrogen) atoms. The van der Waals surface area contributed by atoms with Gasteiger partial charge in [-0.2, -0.15) is 0 Å². The second-order valence-corrected chi connectivity index (χ2v) is 10.6. The summed E-state index contributed by atoms with van der Waals surface area (Å²) in [5, 5.41) is 4.52. The maximum Gasteiger partial charge on any atom is 0.275 e. The number of aromatic nitrogens is 2. The standard InChI is InChI=1S/C23H27N7O5S2/c24-23(25)27-10-4-8-17(20(32)21-26-11-13-36-21)28-19(31)14-30-12-5-9-18(22(30)33)29-37(34,35)15-16-6-2-1-3-7-16/h1-3,5-7,9,11-13,17,29H,4,8,10,14-15H2,(H,28,31)(H4,24,25,27)/t17-/m1/s1. The number of hydrogen-bond donors (Lipinski definition) is 4. The van der Waals surface area contributed by atoms with Gasteiger partial charge in [-0.1, -0.05) is 30.3 Å². The van der Waals surface area contributed by atoms with Gasteiger partial charge in [0.25, 0.3) is 5.56 Å². The summed E-state index contributed by atoms with van der Waals surface area (Å²) in [6.07, 6.45) is 3.50. The second kappa shape index (κ2) is 12.8. The molecule has 1 amide bonds. The summed E-state index contributed by atoms with van der Waals surface area (Å²) in [5.74, 6) is -1.38. The van der Waals surface area contributed by atoms with Gasteiger partial charge in [0.05, 0.1) is 11.8 Å². The van der Waals surface area contributed by atoms with E-state index in [-0.39, 0.29) is 41.2 Å². The number of benzene rings is 1. The van der Waals surface area contributed by atoms with Crippen molar-refractivity contribution in [2.75, 3.05) is 11.3 Å². The molecule has 0 saturated carbocycles. The molecule has 1 aromatic carbocycles. The number of nitrogens with zero attached hydrogens (tertiary/aromatic N) is 3. The fourth-order valence-corrected chi connectivity index (χ4v) is 5.22. The molecule has 0 radical (unpaired) electrons. The van der Waals surface area contributed by atoms with E-state index >= 15 is 0 Å². The molecule has 2 heterocycles. The lowest BCUT2D eigenvalue weighted by Gasteiger charge is -2.17. The number of sulfonamides is 1. The Balaban J connectivity index is 1.69. The van der Waals surface area contributed by atoms with Crippen LogP contribution in [0.5, 0.6) is 0 Å². The van der Waals surface area contributed by atoms with Gasteiger partial charge in [0, 0.05) is 24.3 Å². The Bertz CT molecular complexity index is 1400. The molecular formula is C23H27N7O5S2. The first-order valence-corrected chi connectivity index (χ1v) is 13.7. The van der Waals surface area contributed by atoms with Crippen LogP contribution in [-0.4, -0.2) is 48.2 Å². The predicted octanol–water partition coefficient (Wildman–Crippen LogP) is 0.668. The smallest absolute Gasteiger partial charge is 0.275 e. The molecule has 0 aliphatic heterocycles. The minimum absolute atomic E-state index is 0.0783. The number of pyridine rings is 1. The van der Waals surface area contributed by atoms with Crippen LogP contribution in [0.3, 0.4) is 0 Å². The first-order valence-electron chi connectivity index (χ1n) is 11.2. The molecule has 0 spiro atoms.